The van der Waals surface area contributed by atoms with Crippen LogP contribution in [0.2, 0.25) is 0 Å². The van der Waals surface area contributed by atoms with Crippen LogP contribution in [0, 0.1) is 22.7 Å². The van der Waals surface area contributed by atoms with Gasteiger partial charge in [0.2, 0.25) is 0 Å². The number of hydrogen-bond acceptors (Lipinski definition) is 6. The van der Waals surface area contributed by atoms with Gasteiger partial charge in [-0.05, 0) is 54.1 Å². The van der Waals surface area contributed by atoms with Crippen LogP contribution in [0.4, 0.5) is 5.69 Å². The first-order valence-electron chi connectivity index (χ1n) is 9.53. The fourth-order valence-corrected chi connectivity index (χ4v) is 3.09. The minimum absolute atomic E-state index is 0.391. The van der Waals surface area contributed by atoms with Gasteiger partial charge in [-0.3, -0.25) is 0 Å². The van der Waals surface area contributed by atoms with Crippen molar-refractivity contribution in [2.45, 2.75) is 12.8 Å². The Hall–Kier alpha value is -4.03. The van der Waals surface area contributed by atoms with Gasteiger partial charge in [0.1, 0.15) is 11.5 Å². The largest absolute Gasteiger partial charge is 0.497 e. The molecule has 1 heterocycles. The zero-order valence-corrected chi connectivity index (χ0v) is 16.7. The highest BCUT2D eigenvalue weighted by atomic mass is 16.5. The molecule has 0 saturated carbocycles. The Morgan fingerprint density at radius 1 is 1.00 bits per heavy atom. The smallest absolute Gasteiger partial charge is 0.343 e. The number of esters is 1. The number of carbonyl (C=O) groups is 1. The van der Waals surface area contributed by atoms with Crippen LogP contribution in [-0.2, 0) is 9.53 Å². The van der Waals surface area contributed by atoms with Crippen molar-refractivity contribution in [3.05, 3.63) is 71.3 Å². The van der Waals surface area contributed by atoms with Crippen molar-refractivity contribution in [3.63, 3.8) is 0 Å². The van der Waals surface area contributed by atoms with E-state index >= 15 is 0 Å². The zero-order valence-electron chi connectivity index (χ0n) is 16.7. The van der Waals surface area contributed by atoms with E-state index < -0.39 is 5.97 Å². The molecular weight excluding hydrogens is 378 g/mol. The third-order valence-electron chi connectivity index (χ3n) is 4.67. The van der Waals surface area contributed by atoms with Crippen molar-refractivity contribution < 1.29 is 14.3 Å². The number of methoxy groups -OCH3 is 1. The normalized spacial score (nSPS) is 13.9. The number of carbonyl (C=O) groups excluding carboxylic acids is 1. The topological polar surface area (TPSA) is 86.4 Å². The van der Waals surface area contributed by atoms with E-state index in [9.17, 15) is 4.79 Å². The van der Waals surface area contributed by atoms with Crippen LogP contribution in [0.15, 0.2) is 60.2 Å². The van der Waals surface area contributed by atoms with E-state index in [0.29, 0.717) is 37.3 Å². The highest BCUT2D eigenvalue weighted by molar-refractivity contribution is 6.05. The molecule has 30 heavy (non-hydrogen) atoms. The van der Waals surface area contributed by atoms with Gasteiger partial charge in [-0.2, -0.15) is 10.5 Å². The average Bonchev–Trinajstić information content (AvgIpc) is 3.15. The molecule has 1 aliphatic rings. The molecule has 2 aromatic rings. The predicted octanol–water partition coefficient (Wildman–Crippen LogP) is 4.31. The minimum atomic E-state index is -0.394. The summed E-state index contributed by atoms with van der Waals surface area (Å²) in [6.45, 7) is 1.14. The summed E-state index contributed by atoms with van der Waals surface area (Å²) in [6, 6.07) is 19.2. The van der Waals surface area contributed by atoms with Gasteiger partial charge in [0.05, 0.1) is 37.7 Å². The highest BCUT2D eigenvalue weighted by Crippen LogP contribution is 2.29. The van der Waals surface area contributed by atoms with Crippen molar-refractivity contribution in [2.75, 3.05) is 25.1 Å². The predicted molar refractivity (Wildman–Crippen MR) is 114 cm³/mol. The molecule has 0 amide bonds. The van der Waals surface area contributed by atoms with Crippen LogP contribution >= 0.6 is 0 Å². The molecule has 1 aliphatic heterocycles. The number of nitriles is 2. The van der Waals surface area contributed by atoms with Gasteiger partial charge in [-0.25, -0.2) is 4.79 Å². The molecule has 0 spiro atoms. The van der Waals surface area contributed by atoms with E-state index in [0.717, 1.165) is 22.6 Å². The Kier molecular flexibility index (Phi) is 6.87. The van der Waals surface area contributed by atoms with Crippen LogP contribution in [0.1, 0.15) is 24.0 Å². The molecular formula is C24H21N3O3. The van der Waals surface area contributed by atoms with Gasteiger partial charge >= 0.3 is 5.97 Å². The fourth-order valence-electron chi connectivity index (χ4n) is 3.09. The van der Waals surface area contributed by atoms with Crippen LogP contribution in [0.3, 0.4) is 0 Å². The van der Waals surface area contributed by atoms with Crippen LogP contribution in [0.5, 0.6) is 5.75 Å². The lowest BCUT2D eigenvalue weighted by Crippen LogP contribution is -2.25. The molecule has 0 aromatic heterocycles. The summed E-state index contributed by atoms with van der Waals surface area (Å²) in [5.41, 5.74) is 3.07. The Balaban J connectivity index is 1.77. The lowest BCUT2D eigenvalue weighted by Gasteiger charge is -2.22. The Morgan fingerprint density at radius 2 is 1.63 bits per heavy atom. The standard InChI is InChI=1S/C24H21N3O3/c1-29-22-10-6-19(7-11-22)23-17-20(24(28)30-23)16-18-4-8-21(9-5-18)27(14-2-12-25)15-3-13-26/h4-11,16-17H,2-3,14-15H2,1H3/b20-16+. The van der Waals surface area contributed by atoms with E-state index in [2.05, 4.69) is 12.1 Å². The molecule has 0 radical (unpaired) electrons. The summed E-state index contributed by atoms with van der Waals surface area (Å²) in [6.07, 6.45) is 4.28. The number of benzene rings is 2. The summed E-state index contributed by atoms with van der Waals surface area (Å²) in [4.78, 5) is 14.3. The van der Waals surface area contributed by atoms with Gasteiger partial charge in [0, 0.05) is 24.3 Å². The minimum Gasteiger partial charge on any atom is -0.497 e. The molecule has 6 heteroatoms. The molecule has 2 aromatic carbocycles. The second-order valence-electron chi connectivity index (χ2n) is 6.62. The maximum absolute atomic E-state index is 12.3. The summed E-state index contributed by atoms with van der Waals surface area (Å²) in [7, 11) is 1.60. The number of anilines is 1. The van der Waals surface area contributed by atoms with Crippen molar-refractivity contribution in [3.8, 4) is 17.9 Å². The highest BCUT2D eigenvalue weighted by Gasteiger charge is 2.22. The number of hydrogen-bond donors (Lipinski definition) is 0. The van der Waals surface area contributed by atoms with Gasteiger partial charge in [0.15, 0.2) is 0 Å². The van der Waals surface area contributed by atoms with E-state index in [4.69, 9.17) is 20.0 Å². The SMILES string of the molecule is COc1ccc(C2=C/C(=C\c3ccc(N(CCC#N)CCC#N)cc3)C(=O)O2)cc1. The van der Waals surface area contributed by atoms with Crippen molar-refractivity contribution in [1.82, 2.24) is 0 Å². The molecule has 0 atom stereocenters. The number of cyclic esters (lactones) is 1. The third-order valence-corrected chi connectivity index (χ3v) is 4.67. The lowest BCUT2D eigenvalue weighted by atomic mass is 10.1. The molecule has 6 nitrogen and oxygen atoms in total. The first kappa shape index (κ1) is 20.7. The second-order valence-corrected chi connectivity index (χ2v) is 6.62. The van der Waals surface area contributed by atoms with Crippen LogP contribution in [0.25, 0.3) is 11.8 Å². The second kappa shape index (κ2) is 9.95. The quantitative estimate of drug-likeness (QED) is 0.486. The van der Waals surface area contributed by atoms with Crippen molar-refractivity contribution >= 4 is 23.5 Å². The molecule has 0 aliphatic carbocycles. The molecule has 0 unspecified atom stereocenters. The Labute approximate surface area is 175 Å². The number of ether oxygens (including phenoxy) is 2. The van der Waals surface area contributed by atoms with E-state index in [-0.39, 0.29) is 0 Å². The third kappa shape index (κ3) is 5.06. The molecule has 150 valence electrons. The van der Waals surface area contributed by atoms with Gasteiger partial charge < -0.3 is 14.4 Å². The molecule has 0 bridgehead atoms. The first-order valence-corrected chi connectivity index (χ1v) is 9.53. The average molecular weight is 399 g/mol. The van der Waals surface area contributed by atoms with Crippen molar-refractivity contribution in [1.29, 1.82) is 10.5 Å². The van der Waals surface area contributed by atoms with Gasteiger partial charge in [-0.1, -0.05) is 12.1 Å². The fraction of sp³-hybridized carbons (Fsp3) is 0.208. The first-order chi connectivity index (χ1) is 14.6. The molecule has 0 fully saturated rings. The lowest BCUT2D eigenvalue weighted by molar-refractivity contribution is -0.130. The summed E-state index contributed by atoms with van der Waals surface area (Å²) in [5, 5.41) is 17.7. The summed E-state index contributed by atoms with van der Waals surface area (Å²) >= 11 is 0. The van der Waals surface area contributed by atoms with Crippen LogP contribution < -0.4 is 9.64 Å². The van der Waals surface area contributed by atoms with Crippen molar-refractivity contribution in [2.24, 2.45) is 0 Å². The Bertz CT molecular complexity index is 1020. The van der Waals surface area contributed by atoms with Gasteiger partial charge in [0.25, 0.3) is 0 Å². The maximum atomic E-state index is 12.3. The molecule has 3 rings (SSSR count). The zero-order chi connectivity index (χ0) is 21.3. The monoisotopic (exact) mass is 399 g/mol. The maximum Gasteiger partial charge on any atom is 0.343 e. The van der Waals surface area contributed by atoms with E-state index in [1.54, 1.807) is 19.3 Å². The molecule has 0 saturated heterocycles. The van der Waals surface area contributed by atoms with E-state index in [1.807, 2.05) is 53.4 Å². The summed E-state index contributed by atoms with van der Waals surface area (Å²) in [5.74, 6) is 0.845. The van der Waals surface area contributed by atoms with Crippen LogP contribution in [-0.4, -0.2) is 26.2 Å². The Morgan fingerprint density at radius 3 is 2.20 bits per heavy atom. The molecule has 0 N–H and O–H groups in total. The summed E-state index contributed by atoms with van der Waals surface area (Å²) < 4.78 is 10.5. The van der Waals surface area contributed by atoms with E-state index in [1.165, 1.54) is 0 Å². The number of rotatable bonds is 8. The van der Waals surface area contributed by atoms with Gasteiger partial charge in [-0.15, -0.1) is 0 Å². The number of nitrogens with zero attached hydrogens (tertiary/aromatic N) is 3.